The molecule has 0 spiro atoms. The first-order valence-corrected chi connectivity index (χ1v) is 7.91. The summed E-state index contributed by atoms with van der Waals surface area (Å²) < 4.78 is 0. The summed E-state index contributed by atoms with van der Waals surface area (Å²) in [5.41, 5.74) is 8.05. The van der Waals surface area contributed by atoms with E-state index in [9.17, 15) is 0 Å². The van der Waals surface area contributed by atoms with Gasteiger partial charge in [-0.2, -0.15) is 0 Å². The number of nitrogens with zero attached hydrogens (tertiary/aromatic N) is 2. The molecule has 1 heterocycles. The van der Waals surface area contributed by atoms with Crippen molar-refractivity contribution in [2.45, 2.75) is 19.5 Å². The standard InChI is InChI=1S/C14H17Cl2N3S/c1-9-18-11(8-20-9)7-19(2)14(6-17)10-3-4-12(15)13(16)5-10/h3-5,8,14H,6-7,17H2,1-2H3. The highest BCUT2D eigenvalue weighted by Crippen LogP contribution is 2.28. The lowest BCUT2D eigenvalue weighted by Crippen LogP contribution is -2.30. The van der Waals surface area contributed by atoms with E-state index in [0.29, 0.717) is 16.6 Å². The Morgan fingerprint density at radius 2 is 2.10 bits per heavy atom. The van der Waals surface area contributed by atoms with Crippen LogP contribution in [0.3, 0.4) is 0 Å². The van der Waals surface area contributed by atoms with E-state index in [4.69, 9.17) is 28.9 Å². The molecule has 6 heteroatoms. The first-order chi connectivity index (χ1) is 9.51. The highest BCUT2D eigenvalue weighted by molar-refractivity contribution is 7.09. The Labute approximate surface area is 133 Å². The van der Waals surface area contributed by atoms with Crippen molar-refractivity contribution in [2.24, 2.45) is 5.73 Å². The highest BCUT2D eigenvalue weighted by atomic mass is 35.5. The van der Waals surface area contributed by atoms with Gasteiger partial charge in [-0.1, -0.05) is 29.3 Å². The van der Waals surface area contributed by atoms with E-state index in [1.165, 1.54) is 0 Å². The van der Waals surface area contributed by atoms with Gasteiger partial charge in [-0.25, -0.2) is 4.98 Å². The SMILES string of the molecule is Cc1nc(CN(C)C(CN)c2ccc(Cl)c(Cl)c2)cs1. The van der Waals surface area contributed by atoms with Gasteiger partial charge in [0.05, 0.1) is 20.7 Å². The Morgan fingerprint density at radius 3 is 2.65 bits per heavy atom. The topological polar surface area (TPSA) is 42.2 Å². The van der Waals surface area contributed by atoms with E-state index in [0.717, 1.165) is 22.8 Å². The summed E-state index contributed by atoms with van der Waals surface area (Å²) in [7, 11) is 2.04. The first-order valence-electron chi connectivity index (χ1n) is 6.27. The molecule has 1 unspecified atom stereocenters. The zero-order valence-electron chi connectivity index (χ0n) is 11.4. The quantitative estimate of drug-likeness (QED) is 0.904. The number of halogens is 2. The number of nitrogens with two attached hydrogens (primary N) is 1. The molecule has 20 heavy (non-hydrogen) atoms. The minimum absolute atomic E-state index is 0.0896. The van der Waals surface area contributed by atoms with Crippen LogP contribution < -0.4 is 5.73 Å². The number of rotatable bonds is 5. The van der Waals surface area contributed by atoms with Crippen molar-refractivity contribution in [3.63, 3.8) is 0 Å². The lowest BCUT2D eigenvalue weighted by molar-refractivity contribution is 0.239. The molecule has 1 aromatic carbocycles. The maximum absolute atomic E-state index is 6.08. The average molecular weight is 330 g/mol. The van der Waals surface area contributed by atoms with Gasteiger partial charge >= 0.3 is 0 Å². The smallest absolute Gasteiger partial charge is 0.0897 e. The van der Waals surface area contributed by atoms with Crippen molar-refractivity contribution in [1.29, 1.82) is 0 Å². The second-order valence-electron chi connectivity index (χ2n) is 4.70. The molecular weight excluding hydrogens is 313 g/mol. The minimum Gasteiger partial charge on any atom is -0.329 e. The van der Waals surface area contributed by atoms with Gasteiger partial charge in [0.15, 0.2) is 0 Å². The molecule has 3 nitrogen and oxygen atoms in total. The molecule has 0 amide bonds. The third kappa shape index (κ3) is 3.71. The first kappa shape index (κ1) is 15.7. The van der Waals surface area contributed by atoms with Gasteiger partial charge in [-0.3, -0.25) is 4.90 Å². The number of hydrogen-bond donors (Lipinski definition) is 1. The Bertz CT molecular complexity index is 586. The summed E-state index contributed by atoms with van der Waals surface area (Å²) >= 11 is 13.7. The van der Waals surface area contributed by atoms with Crippen LogP contribution in [0.1, 0.15) is 22.3 Å². The lowest BCUT2D eigenvalue weighted by Gasteiger charge is -2.27. The van der Waals surface area contributed by atoms with Crippen LogP contribution in [0, 0.1) is 6.92 Å². The molecule has 0 saturated heterocycles. The van der Waals surface area contributed by atoms with Crippen LogP contribution in [0.5, 0.6) is 0 Å². The Balaban J connectivity index is 2.16. The minimum atomic E-state index is 0.0896. The Hall–Kier alpha value is -0.650. The summed E-state index contributed by atoms with van der Waals surface area (Å²) in [6.45, 7) is 3.28. The summed E-state index contributed by atoms with van der Waals surface area (Å²) in [6, 6.07) is 5.74. The summed E-state index contributed by atoms with van der Waals surface area (Å²) in [6.07, 6.45) is 0. The number of aromatic nitrogens is 1. The zero-order chi connectivity index (χ0) is 14.7. The average Bonchev–Trinajstić information content (AvgIpc) is 2.80. The maximum Gasteiger partial charge on any atom is 0.0897 e. The second-order valence-corrected chi connectivity index (χ2v) is 6.57. The van der Waals surface area contributed by atoms with Crippen molar-refractivity contribution in [3.05, 3.63) is 49.9 Å². The van der Waals surface area contributed by atoms with E-state index in [-0.39, 0.29) is 6.04 Å². The molecule has 0 aliphatic carbocycles. The van der Waals surface area contributed by atoms with Crippen molar-refractivity contribution in [2.75, 3.05) is 13.6 Å². The summed E-state index contributed by atoms with van der Waals surface area (Å²) in [5, 5.41) is 4.27. The predicted molar refractivity (Wildman–Crippen MR) is 86.6 cm³/mol. The van der Waals surface area contributed by atoms with Crippen molar-refractivity contribution in [1.82, 2.24) is 9.88 Å². The number of likely N-dealkylation sites (N-methyl/N-ethyl adjacent to an activating group) is 1. The summed E-state index contributed by atoms with van der Waals surface area (Å²) in [5.74, 6) is 0. The molecule has 0 bridgehead atoms. The molecule has 1 atom stereocenters. The highest BCUT2D eigenvalue weighted by Gasteiger charge is 2.17. The van der Waals surface area contributed by atoms with Crippen molar-refractivity contribution >= 4 is 34.5 Å². The molecule has 0 aliphatic heterocycles. The number of hydrogen-bond acceptors (Lipinski definition) is 4. The number of thiazole rings is 1. The molecule has 0 fully saturated rings. The van der Waals surface area contributed by atoms with Gasteiger partial charge in [0.1, 0.15) is 0 Å². The normalized spacial score (nSPS) is 12.9. The van der Waals surface area contributed by atoms with Gasteiger partial charge in [-0.15, -0.1) is 11.3 Å². The maximum atomic E-state index is 6.08. The lowest BCUT2D eigenvalue weighted by atomic mass is 10.1. The van der Waals surface area contributed by atoms with Crippen LogP contribution in [-0.4, -0.2) is 23.5 Å². The fraction of sp³-hybridized carbons (Fsp3) is 0.357. The molecule has 108 valence electrons. The van der Waals surface area contributed by atoms with Gasteiger partial charge in [0.2, 0.25) is 0 Å². The fourth-order valence-corrected chi connectivity index (χ4v) is 3.05. The van der Waals surface area contributed by atoms with Crippen LogP contribution >= 0.6 is 34.5 Å². The third-order valence-electron chi connectivity index (χ3n) is 3.16. The largest absolute Gasteiger partial charge is 0.329 e. The van der Waals surface area contributed by atoms with Gasteiger partial charge in [0, 0.05) is 24.5 Å². The van der Waals surface area contributed by atoms with E-state index in [1.807, 2.05) is 32.2 Å². The van der Waals surface area contributed by atoms with Gasteiger partial charge < -0.3 is 5.73 Å². The molecule has 0 radical (unpaired) electrons. The zero-order valence-corrected chi connectivity index (χ0v) is 13.8. The van der Waals surface area contributed by atoms with Gasteiger partial charge in [-0.05, 0) is 31.7 Å². The molecule has 2 aromatic rings. The van der Waals surface area contributed by atoms with Crippen LogP contribution in [0.25, 0.3) is 0 Å². The van der Waals surface area contributed by atoms with E-state index in [1.54, 1.807) is 11.3 Å². The third-order valence-corrected chi connectivity index (χ3v) is 4.72. The van der Waals surface area contributed by atoms with Crippen LogP contribution in [0.4, 0.5) is 0 Å². The van der Waals surface area contributed by atoms with Crippen LogP contribution in [0.15, 0.2) is 23.6 Å². The number of benzene rings is 1. The van der Waals surface area contributed by atoms with Crippen LogP contribution in [0.2, 0.25) is 10.0 Å². The predicted octanol–water partition coefficient (Wildman–Crippen LogP) is 3.89. The molecule has 2 N–H and O–H groups in total. The molecule has 2 rings (SSSR count). The van der Waals surface area contributed by atoms with E-state index in [2.05, 4.69) is 15.3 Å². The fourth-order valence-electron chi connectivity index (χ4n) is 2.14. The molecule has 0 aliphatic rings. The van der Waals surface area contributed by atoms with Crippen molar-refractivity contribution in [3.8, 4) is 0 Å². The Morgan fingerprint density at radius 1 is 1.35 bits per heavy atom. The van der Waals surface area contributed by atoms with E-state index < -0.39 is 0 Å². The van der Waals surface area contributed by atoms with Gasteiger partial charge in [0.25, 0.3) is 0 Å². The second kappa shape index (κ2) is 6.87. The number of aryl methyl sites for hydroxylation is 1. The molecular formula is C14H17Cl2N3S. The molecule has 1 aromatic heterocycles. The van der Waals surface area contributed by atoms with Crippen LogP contribution in [-0.2, 0) is 6.54 Å². The van der Waals surface area contributed by atoms with Crippen molar-refractivity contribution < 1.29 is 0 Å². The summed E-state index contributed by atoms with van der Waals surface area (Å²) in [4.78, 5) is 6.66. The Kier molecular flexibility index (Phi) is 5.41. The van der Waals surface area contributed by atoms with E-state index >= 15 is 0 Å². The molecule has 0 saturated carbocycles. The monoisotopic (exact) mass is 329 g/mol.